The fourth-order valence-electron chi connectivity index (χ4n) is 3.45. The summed E-state index contributed by atoms with van der Waals surface area (Å²) in [7, 11) is 0. The van der Waals surface area contributed by atoms with Crippen molar-refractivity contribution in [3.8, 4) is 0 Å². The third-order valence-electron chi connectivity index (χ3n) is 5.18. The van der Waals surface area contributed by atoms with Gasteiger partial charge in [-0.3, -0.25) is 9.78 Å². The maximum atomic E-state index is 13.2. The molecule has 1 aliphatic rings. The number of carbonyl (C=O) groups excluding carboxylic acids is 1. The normalized spacial score (nSPS) is 17.0. The number of likely N-dealkylation sites (tertiary alicyclic amines) is 1. The van der Waals surface area contributed by atoms with E-state index < -0.39 is 11.6 Å². The summed E-state index contributed by atoms with van der Waals surface area (Å²) < 4.78 is 0. The van der Waals surface area contributed by atoms with Gasteiger partial charge in [0.1, 0.15) is 0 Å². The highest BCUT2D eigenvalue weighted by molar-refractivity contribution is 5.84. The molecule has 2 amide bonds. The minimum atomic E-state index is -0.953. The largest absolute Gasteiger partial charge is 0.465 e. The fourth-order valence-corrected chi connectivity index (χ4v) is 3.45. The SMILES string of the molecule is CC1CCN(C(=O)C(CCN(C(=O)O)C(C)(C)C)c2ccncc2)CC1. The second-order valence-electron chi connectivity index (χ2n) is 8.23. The molecule has 0 radical (unpaired) electrons. The summed E-state index contributed by atoms with van der Waals surface area (Å²) in [5.41, 5.74) is 0.404. The molecule has 1 aromatic rings. The van der Waals surface area contributed by atoms with Crippen LogP contribution in [0.5, 0.6) is 0 Å². The molecular formula is C20H31N3O3. The van der Waals surface area contributed by atoms with E-state index in [1.807, 2.05) is 37.8 Å². The number of nitrogens with zero attached hydrogens (tertiary/aromatic N) is 3. The first-order valence-corrected chi connectivity index (χ1v) is 9.39. The third-order valence-corrected chi connectivity index (χ3v) is 5.18. The maximum absolute atomic E-state index is 13.2. The molecule has 1 N–H and O–H groups in total. The van der Waals surface area contributed by atoms with Crippen LogP contribution in [-0.2, 0) is 4.79 Å². The first kappa shape index (κ1) is 20.2. The standard InChI is InChI=1S/C20H31N3O3/c1-15-7-12-22(13-8-15)18(24)17(16-5-10-21-11-6-16)9-14-23(19(25)26)20(2,3)4/h5-6,10-11,15,17H,7-9,12-14H2,1-4H3,(H,25,26). The summed E-state index contributed by atoms with van der Waals surface area (Å²) in [6.07, 6.45) is 4.94. The molecule has 0 saturated carbocycles. The van der Waals surface area contributed by atoms with Gasteiger partial charge in [-0.05, 0) is 63.6 Å². The zero-order valence-corrected chi connectivity index (χ0v) is 16.3. The second-order valence-corrected chi connectivity index (χ2v) is 8.23. The molecule has 6 heteroatoms. The van der Waals surface area contributed by atoms with Crippen LogP contribution in [0, 0.1) is 5.92 Å². The van der Waals surface area contributed by atoms with Crippen LogP contribution >= 0.6 is 0 Å². The number of amides is 2. The molecule has 6 nitrogen and oxygen atoms in total. The highest BCUT2D eigenvalue weighted by Crippen LogP contribution is 2.27. The molecule has 0 aliphatic carbocycles. The van der Waals surface area contributed by atoms with E-state index in [1.54, 1.807) is 12.4 Å². The molecule has 0 spiro atoms. The predicted molar refractivity (Wildman–Crippen MR) is 101 cm³/mol. The molecule has 144 valence electrons. The molecule has 1 atom stereocenters. The Morgan fingerprint density at radius 1 is 1.27 bits per heavy atom. The van der Waals surface area contributed by atoms with Crippen molar-refractivity contribution >= 4 is 12.0 Å². The highest BCUT2D eigenvalue weighted by Gasteiger charge is 2.31. The van der Waals surface area contributed by atoms with Crippen LogP contribution in [0.1, 0.15) is 58.4 Å². The van der Waals surface area contributed by atoms with Crippen LogP contribution in [0.15, 0.2) is 24.5 Å². The number of hydrogen-bond donors (Lipinski definition) is 1. The Hall–Kier alpha value is -2.11. The van der Waals surface area contributed by atoms with Gasteiger partial charge in [0.05, 0.1) is 5.92 Å². The lowest BCUT2D eigenvalue weighted by atomic mass is 9.91. The van der Waals surface area contributed by atoms with Gasteiger partial charge in [0.15, 0.2) is 0 Å². The lowest BCUT2D eigenvalue weighted by Gasteiger charge is -2.36. The van der Waals surface area contributed by atoms with Gasteiger partial charge in [-0.25, -0.2) is 4.79 Å². The van der Waals surface area contributed by atoms with E-state index in [0.717, 1.165) is 31.5 Å². The van der Waals surface area contributed by atoms with Crippen LogP contribution in [0.25, 0.3) is 0 Å². The van der Waals surface area contributed by atoms with E-state index in [4.69, 9.17) is 0 Å². The van der Waals surface area contributed by atoms with Crippen molar-refractivity contribution in [2.24, 2.45) is 5.92 Å². The van der Waals surface area contributed by atoms with E-state index in [-0.39, 0.29) is 11.8 Å². The Balaban J connectivity index is 2.17. The monoisotopic (exact) mass is 361 g/mol. The van der Waals surface area contributed by atoms with Crippen molar-refractivity contribution in [2.75, 3.05) is 19.6 Å². The van der Waals surface area contributed by atoms with Gasteiger partial charge in [-0.15, -0.1) is 0 Å². The summed E-state index contributed by atoms with van der Waals surface area (Å²) in [5.74, 6) is 0.416. The van der Waals surface area contributed by atoms with Crippen LogP contribution < -0.4 is 0 Å². The van der Waals surface area contributed by atoms with Crippen molar-refractivity contribution < 1.29 is 14.7 Å². The average molecular weight is 361 g/mol. The van der Waals surface area contributed by atoms with Crippen molar-refractivity contribution in [2.45, 2.75) is 58.4 Å². The van der Waals surface area contributed by atoms with Crippen LogP contribution in [0.2, 0.25) is 0 Å². The molecule has 2 heterocycles. The molecule has 0 bridgehead atoms. The number of pyridine rings is 1. The van der Waals surface area contributed by atoms with Crippen molar-refractivity contribution in [1.29, 1.82) is 0 Å². The zero-order chi connectivity index (χ0) is 19.3. The van der Waals surface area contributed by atoms with Gasteiger partial charge < -0.3 is 14.9 Å². The van der Waals surface area contributed by atoms with E-state index in [1.165, 1.54) is 4.90 Å². The Labute approximate surface area is 156 Å². The summed E-state index contributed by atoms with van der Waals surface area (Å²) in [6, 6.07) is 3.72. The van der Waals surface area contributed by atoms with E-state index >= 15 is 0 Å². The Bertz CT molecular complexity index is 604. The van der Waals surface area contributed by atoms with Gasteiger partial charge in [-0.2, -0.15) is 0 Å². The van der Waals surface area contributed by atoms with Gasteiger partial charge in [0, 0.05) is 37.6 Å². The van der Waals surface area contributed by atoms with Crippen LogP contribution in [-0.4, -0.2) is 57.1 Å². The molecule has 0 aromatic carbocycles. The smallest absolute Gasteiger partial charge is 0.407 e. The summed E-state index contributed by atoms with van der Waals surface area (Å²) in [5, 5.41) is 9.53. The topological polar surface area (TPSA) is 73.7 Å². The number of piperidine rings is 1. The molecule has 26 heavy (non-hydrogen) atoms. The maximum Gasteiger partial charge on any atom is 0.407 e. The van der Waals surface area contributed by atoms with Gasteiger partial charge in [-0.1, -0.05) is 6.92 Å². The number of carbonyl (C=O) groups is 2. The van der Waals surface area contributed by atoms with Crippen molar-refractivity contribution in [3.05, 3.63) is 30.1 Å². The van der Waals surface area contributed by atoms with E-state index in [2.05, 4.69) is 11.9 Å². The molecule has 1 aliphatic heterocycles. The van der Waals surface area contributed by atoms with Crippen LogP contribution in [0.4, 0.5) is 4.79 Å². The summed E-state index contributed by atoms with van der Waals surface area (Å²) in [4.78, 5) is 32.2. The highest BCUT2D eigenvalue weighted by atomic mass is 16.4. The number of hydrogen-bond acceptors (Lipinski definition) is 3. The Morgan fingerprint density at radius 2 is 1.85 bits per heavy atom. The zero-order valence-electron chi connectivity index (χ0n) is 16.3. The second kappa shape index (κ2) is 8.52. The first-order chi connectivity index (χ1) is 12.2. The summed E-state index contributed by atoms with van der Waals surface area (Å²) >= 11 is 0. The van der Waals surface area contributed by atoms with Gasteiger partial charge in [0.2, 0.25) is 5.91 Å². The number of aromatic nitrogens is 1. The first-order valence-electron chi connectivity index (χ1n) is 9.39. The van der Waals surface area contributed by atoms with Crippen molar-refractivity contribution in [3.63, 3.8) is 0 Å². The number of carboxylic acid groups (broad SMARTS) is 1. The lowest BCUT2D eigenvalue weighted by Crippen LogP contribution is -2.47. The molecular weight excluding hydrogens is 330 g/mol. The minimum absolute atomic E-state index is 0.0994. The quantitative estimate of drug-likeness (QED) is 0.870. The van der Waals surface area contributed by atoms with E-state index in [0.29, 0.717) is 18.9 Å². The molecule has 1 fully saturated rings. The minimum Gasteiger partial charge on any atom is -0.465 e. The number of rotatable bonds is 5. The third kappa shape index (κ3) is 5.19. The average Bonchev–Trinajstić information content (AvgIpc) is 2.58. The summed E-state index contributed by atoms with van der Waals surface area (Å²) in [6.45, 7) is 9.72. The lowest BCUT2D eigenvalue weighted by molar-refractivity contribution is -0.134. The molecule has 1 aromatic heterocycles. The van der Waals surface area contributed by atoms with E-state index in [9.17, 15) is 14.7 Å². The molecule has 1 saturated heterocycles. The Kier molecular flexibility index (Phi) is 6.62. The van der Waals surface area contributed by atoms with Crippen molar-refractivity contribution in [1.82, 2.24) is 14.8 Å². The van der Waals surface area contributed by atoms with Gasteiger partial charge in [0.25, 0.3) is 0 Å². The Morgan fingerprint density at radius 3 is 2.35 bits per heavy atom. The molecule has 1 unspecified atom stereocenters. The fraction of sp³-hybridized carbons (Fsp3) is 0.650. The molecule has 2 rings (SSSR count). The predicted octanol–water partition coefficient (Wildman–Crippen LogP) is 3.59. The van der Waals surface area contributed by atoms with Crippen LogP contribution in [0.3, 0.4) is 0 Å². The van der Waals surface area contributed by atoms with Gasteiger partial charge >= 0.3 is 6.09 Å².